The molecule has 0 amide bonds. The molecule has 1 heterocycles. The van der Waals surface area contributed by atoms with Gasteiger partial charge in [-0.1, -0.05) is 6.92 Å². The van der Waals surface area contributed by atoms with E-state index < -0.39 is 11.6 Å². The van der Waals surface area contributed by atoms with E-state index in [1.807, 2.05) is 16.9 Å². The molecule has 21 heavy (non-hydrogen) atoms. The average molecular weight is 293 g/mol. The highest BCUT2D eigenvalue weighted by atomic mass is 19.1. The minimum atomic E-state index is -0.530. The summed E-state index contributed by atoms with van der Waals surface area (Å²) in [6.45, 7) is 5.56. The van der Waals surface area contributed by atoms with Gasteiger partial charge in [0.2, 0.25) is 0 Å². The Balaban J connectivity index is 1.78. The van der Waals surface area contributed by atoms with E-state index in [4.69, 9.17) is 0 Å². The molecule has 0 radical (unpaired) electrons. The second-order valence-corrected chi connectivity index (χ2v) is 5.25. The molecule has 2 aromatic rings. The fraction of sp³-hybridized carbons (Fsp3) is 0.438. The van der Waals surface area contributed by atoms with Gasteiger partial charge in [-0.2, -0.15) is 5.10 Å². The molecule has 0 saturated carbocycles. The van der Waals surface area contributed by atoms with Crippen molar-refractivity contribution in [2.24, 2.45) is 0 Å². The molecule has 1 atom stereocenters. The van der Waals surface area contributed by atoms with Crippen LogP contribution in [0.2, 0.25) is 0 Å². The van der Waals surface area contributed by atoms with Gasteiger partial charge in [0.25, 0.3) is 0 Å². The summed E-state index contributed by atoms with van der Waals surface area (Å²) in [5.41, 5.74) is 1.63. The molecule has 0 spiro atoms. The summed E-state index contributed by atoms with van der Waals surface area (Å²) in [6, 6.07) is 6.00. The topological polar surface area (TPSA) is 29.9 Å². The van der Waals surface area contributed by atoms with E-state index in [2.05, 4.69) is 24.3 Å². The average Bonchev–Trinajstić information content (AvgIpc) is 2.90. The summed E-state index contributed by atoms with van der Waals surface area (Å²) in [5.74, 6) is -1.06. The van der Waals surface area contributed by atoms with Crippen molar-refractivity contribution < 1.29 is 8.78 Å². The van der Waals surface area contributed by atoms with Gasteiger partial charge in [-0.3, -0.25) is 4.68 Å². The Hall–Kier alpha value is -1.75. The monoisotopic (exact) mass is 293 g/mol. The van der Waals surface area contributed by atoms with Crippen LogP contribution in [0.5, 0.6) is 0 Å². The summed E-state index contributed by atoms with van der Waals surface area (Å²) >= 11 is 0. The Kier molecular flexibility index (Phi) is 5.44. The largest absolute Gasteiger partial charge is 0.311 e. The van der Waals surface area contributed by atoms with Gasteiger partial charge in [-0.15, -0.1) is 0 Å². The van der Waals surface area contributed by atoms with Crippen molar-refractivity contribution in [1.82, 2.24) is 15.1 Å². The Morgan fingerprint density at radius 3 is 2.62 bits per heavy atom. The lowest BCUT2D eigenvalue weighted by Crippen LogP contribution is -2.17. The zero-order valence-corrected chi connectivity index (χ0v) is 12.4. The Labute approximate surface area is 124 Å². The first-order valence-electron chi connectivity index (χ1n) is 7.28. The normalized spacial score (nSPS) is 12.6. The molecule has 1 aromatic heterocycles. The predicted octanol–water partition coefficient (Wildman–Crippen LogP) is 3.46. The zero-order valence-electron chi connectivity index (χ0n) is 12.4. The maximum atomic E-state index is 13.0. The van der Waals surface area contributed by atoms with Crippen molar-refractivity contribution in [3.8, 4) is 0 Å². The van der Waals surface area contributed by atoms with Gasteiger partial charge in [-0.05, 0) is 50.1 Å². The van der Waals surface area contributed by atoms with E-state index >= 15 is 0 Å². The van der Waals surface area contributed by atoms with Gasteiger partial charge in [0, 0.05) is 24.8 Å². The van der Waals surface area contributed by atoms with Crippen LogP contribution in [-0.4, -0.2) is 16.3 Å². The van der Waals surface area contributed by atoms with Crippen molar-refractivity contribution in [2.45, 2.75) is 39.3 Å². The third kappa shape index (κ3) is 4.63. The zero-order chi connectivity index (χ0) is 15.2. The van der Waals surface area contributed by atoms with Crippen LogP contribution >= 0.6 is 0 Å². The Morgan fingerprint density at radius 2 is 1.95 bits per heavy atom. The van der Waals surface area contributed by atoms with Crippen LogP contribution in [0, 0.1) is 11.6 Å². The fourth-order valence-electron chi connectivity index (χ4n) is 2.11. The number of nitrogens with zero attached hydrogens (tertiary/aromatic N) is 2. The number of hydrogen-bond acceptors (Lipinski definition) is 2. The number of hydrogen-bond donors (Lipinski definition) is 1. The molecule has 3 nitrogen and oxygen atoms in total. The minimum absolute atomic E-state index is 0.397. The molecule has 2 rings (SSSR count). The van der Waals surface area contributed by atoms with Crippen LogP contribution in [0.25, 0.3) is 0 Å². The molecule has 0 fully saturated rings. The number of rotatable bonds is 7. The lowest BCUT2D eigenvalue weighted by Gasteiger charge is -2.08. The summed E-state index contributed by atoms with van der Waals surface area (Å²) < 4.78 is 28.0. The van der Waals surface area contributed by atoms with Crippen LogP contribution in [0.15, 0.2) is 30.5 Å². The molecular weight excluding hydrogens is 272 g/mol. The summed E-state index contributed by atoms with van der Waals surface area (Å²) in [4.78, 5) is 0. The molecule has 1 N–H and O–H groups in total. The molecule has 0 aliphatic heterocycles. The van der Waals surface area contributed by atoms with E-state index in [1.54, 1.807) is 0 Å². The third-order valence-corrected chi connectivity index (χ3v) is 3.52. The quantitative estimate of drug-likeness (QED) is 0.792. The molecule has 114 valence electrons. The molecule has 0 bridgehead atoms. The van der Waals surface area contributed by atoms with E-state index in [1.165, 1.54) is 12.1 Å². The molecule has 5 heteroatoms. The van der Waals surface area contributed by atoms with Crippen LogP contribution in [0.4, 0.5) is 8.78 Å². The fourth-order valence-corrected chi connectivity index (χ4v) is 2.11. The number of aromatic nitrogens is 2. The van der Waals surface area contributed by atoms with E-state index in [9.17, 15) is 8.78 Å². The summed E-state index contributed by atoms with van der Waals surface area (Å²) in [7, 11) is 0. The number of halogens is 2. The van der Waals surface area contributed by atoms with Crippen molar-refractivity contribution in [2.75, 3.05) is 6.54 Å². The van der Waals surface area contributed by atoms with E-state index in [0.717, 1.165) is 18.2 Å². The van der Waals surface area contributed by atoms with Gasteiger partial charge in [0.1, 0.15) is 11.6 Å². The second-order valence-electron chi connectivity index (χ2n) is 5.25. The maximum Gasteiger partial charge on any atom is 0.126 e. The Morgan fingerprint density at radius 1 is 1.24 bits per heavy atom. The van der Waals surface area contributed by atoms with Crippen molar-refractivity contribution in [3.63, 3.8) is 0 Å². The van der Waals surface area contributed by atoms with Crippen molar-refractivity contribution in [1.29, 1.82) is 0 Å². The van der Waals surface area contributed by atoms with Crippen molar-refractivity contribution >= 4 is 0 Å². The van der Waals surface area contributed by atoms with E-state index in [0.29, 0.717) is 31.1 Å². The van der Waals surface area contributed by atoms with E-state index in [-0.39, 0.29) is 0 Å². The third-order valence-electron chi connectivity index (χ3n) is 3.52. The second kappa shape index (κ2) is 7.31. The van der Waals surface area contributed by atoms with Gasteiger partial charge in [0.15, 0.2) is 0 Å². The van der Waals surface area contributed by atoms with Crippen molar-refractivity contribution in [3.05, 3.63) is 53.4 Å². The highest BCUT2D eigenvalue weighted by molar-refractivity contribution is 5.18. The van der Waals surface area contributed by atoms with Crippen LogP contribution in [-0.2, 0) is 13.0 Å². The lowest BCUT2D eigenvalue weighted by atomic mass is 10.1. The summed E-state index contributed by atoms with van der Waals surface area (Å²) in [6.07, 6.45) is 3.60. The summed E-state index contributed by atoms with van der Waals surface area (Å²) in [5, 5.41) is 7.73. The lowest BCUT2D eigenvalue weighted by molar-refractivity contribution is 0.471. The van der Waals surface area contributed by atoms with Gasteiger partial charge in [0.05, 0.1) is 5.69 Å². The smallest absolute Gasteiger partial charge is 0.126 e. The molecule has 0 saturated heterocycles. The molecular formula is C16H21F2N3. The number of nitrogens with one attached hydrogen (secondary N) is 1. The standard InChI is InChI=1S/C16H21F2N3/c1-3-12(2)21-7-5-16(20-21)11-19-6-4-13-8-14(17)10-15(18)9-13/h5,7-10,12,19H,3-4,6,11H2,1-2H3. The molecule has 0 aliphatic carbocycles. The maximum absolute atomic E-state index is 13.0. The minimum Gasteiger partial charge on any atom is -0.311 e. The number of benzene rings is 1. The SMILES string of the molecule is CCC(C)n1ccc(CNCCc2cc(F)cc(F)c2)n1. The first kappa shape index (κ1) is 15.6. The van der Waals surface area contributed by atoms with Gasteiger partial charge < -0.3 is 5.32 Å². The first-order chi connectivity index (χ1) is 10.1. The van der Waals surface area contributed by atoms with Gasteiger partial charge in [-0.25, -0.2) is 8.78 Å². The predicted molar refractivity (Wildman–Crippen MR) is 79.0 cm³/mol. The molecule has 1 unspecified atom stereocenters. The molecule has 0 aliphatic rings. The first-order valence-corrected chi connectivity index (χ1v) is 7.28. The highest BCUT2D eigenvalue weighted by Crippen LogP contribution is 2.10. The molecule has 1 aromatic carbocycles. The van der Waals surface area contributed by atoms with Crippen LogP contribution < -0.4 is 5.32 Å². The highest BCUT2D eigenvalue weighted by Gasteiger charge is 2.04. The van der Waals surface area contributed by atoms with Crippen LogP contribution in [0.1, 0.15) is 37.6 Å². The Bertz CT molecular complexity index is 560. The van der Waals surface area contributed by atoms with Crippen LogP contribution in [0.3, 0.4) is 0 Å². The van der Waals surface area contributed by atoms with Gasteiger partial charge >= 0.3 is 0 Å².